The summed E-state index contributed by atoms with van der Waals surface area (Å²) in [6.45, 7) is 14.1. The normalized spacial score (nSPS) is 12.7. The van der Waals surface area contributed by atoms with Crippen LogP contribution in [-0.4, -0.2) is 64.7 Å². The fraction of sp³-hybridized carbons (Fsp3) is 0.737. The van der Waals surface area contributed by atoms with Crippen LogP contribution < -0.4 is 16.0 Å². The first-order valence-electron chi connectivity index (χ1n) is 9.54. The molecule has 0 aliphatic rings. The zero-order valence-corrected chi connectivity index (χ0v) is 19.5. The Morgan fingerprint density at radius 3 is 1.42 bits per heavy atom. The van der Waals surface area contributed by atoms with Crippen LogP contribution in [0.4, 0.5) is 14.4 Å². The molecule has 0 saturated carbocycles. The summed E-state index contributed by atoms with van der Waals surface area (Å²) in [7, 11) is 0. The van der Waals surface area contributed by atoms with E-state index in [0.717, 1.165) is 0 Å². The summed E-state index contributed by atoms with van der Waals surface area (Å²) >= 11 is 0. The Bertz CT molecular complexity index is 667. The van der Waals surface area contributed by atoms with Crippen LogP contribution in [0.5, 0.6) is 0 Å². The lowest BCUT2D eigenvalue weighted by atomic mass is 10.2. The largest absolute Gasteiger partial charge is 0.480 e. The number of guanidine groups is 1. The number of amides is 3. The number of aliphatic carboxylic acids is 1. The number of carbonyl (C=O) groups excluding carboxylic acids is 3. The van der Waals surface area contributed by atoms with Gasteiger partial charge < -0.3 is 24.6 Å². The van der Waals surface area contributed by atoms with E-state index < -0.39 is 59.6 Å². The summed E-state index contributed by atoms with van der Waals surface area (Å²) in [6.07, 6.45) is -2.83. The van der Waals surface area contributed by atoms with Crippen LogP contribution in [0.25, 0.3) is 0 Å². The quantitative estimate of drug-likeness (QED) is 0.290. The molecule has 4 N–H and O–H groups in total. The van der Waals surface area contributed by atoms with Crippen molar-refractivity contribution in [3.05, 3.63) is 0 Å². The Balaban J connectivity index is 5.44. The molecule has 0 radical (unpaired) electrons. The first-order valence-corrected chi connectivity index (χ1v) is 9.54. The maximum atomic E-state index is 12.0. The average Bonchev–Trinajstić information content (AvgIpc) is 2.44. The van der Waals surface area contributed by atoms with Crippen molar-refractivity contribution in [1.82, 2.24) is 16.0 Å². The number of carboxylic acid groups (broad SMARTS) is 1. The van der Waals surface area contributed by atoms with E-state index in [1.165, 1.54) is 0 Å². The monoisotopic (exact) mass is 446 g/mol. The van der Waals surface area contributed by atoms with Gasteiger partial charge in [-0.05, 0) is 62.3 Å². The van der Waals surface area contributed by atoms with Crippen molar-refractivity contribution in [3.8, 4) is 0 Å². The zero-order chi connectivity index (χ0) is 24.6. The van der Waals surface area contributed by atoms with E-state index in [0.29, 0.717) is 0 Å². The van der Waals surface area contributed by atoms with E-state index >= 15 is 0 Å². The van der Waals surface area contributed by atoms with Gasteiger partial charge in [0.25, 0.3) is 0 Å². The molecule has 0 saturated heterocycles. The lowest BCUT2D eigenvalue weighted by molar-refractivity contribution is -0.139. The minimum atomic E-state index is -1.49. The lowest BCUT2D eigenvalue weighted by Gasteiger charge is -2.23. The molecule has 0 aromatic heterocycles. The van der Waals surface area contributed by atoms with Gasteiger partial charge in [0.1, 0.15) is 22.8 Å². The number of nitrogens with one attached hydrogen (secondary N) is 3. The Labute approximate surface area is 182 Å². The van der Waals surface area contributed by atoms with Gasteiger partial charge in [0.15, 0.2) is 0 Å². The van der Waals surface area contributed by atoms with E-state index in [9.17, 15) is 24.3 Å². The first kappa shape index (κ1) is 27.9. The van der Waals surface area contributed by atoms with E-state index in [1.54, 1.807) is 62.3 Å². The van der Waals surface area contributed by atoms with Gasteiger partial charge in [-0.3, -0.25) is 10.6 Å². The molecule has 12 heteroatoms. The Morgan fingerprint density at radius 2 is 1.10 bits per heavy atom. The maximum Gasteiger partial charge on any atom is 0.414 e. The molecule has 0 aromatic carbocycles. The van der Waals surface area contributed by atoms with Gasteiger partial charge in [-0.2, -0.15) is 0 Å². The van der Waals surface area contributed by atoms with Crippen LogP contribution in [0.15, 0.2) is 4.99 Å². The Morgan fingerprint density at radius 1 is 0.742 bits per heavy atom. The molecule has 178 valence electrons. The second-order valence-corrected chi connectivity index (χ2v) is 9.48. The molecule has 0 heterocycles. The van der Waals surface area contributed by atoms with Crippen molar-refractivity contribution < 1.29 is 38.5 Å². The van der Waals surface area contributed by atoms with Crippen molar-refractivity contribution in [1.29, 1.82) is 0 Å². The van der Waals surface area contributed by atoms with E-state index in [-0.39, 0.29) is 0 Å². The first-order chi connectivity index (χ1) is 13.8. The lowest BCUT2D eigenvalue weighted by Crippen LogP contribution is -2.49. The minimum absolute atomic E-state index is 0.416. The van der Waals surface area contributed by atoms with Crippen LogP contribution in [0.1, 0.15) is 62.3 Å². The fourth-order valence-electron chi connectivity index (χ4n) is 1.73. The molecule has 0 bridgehead atoms. The molecule has 0 rings (SSSR count). The van der Waals surface area contributed by atoms with E-state index in [4.69, 9.17) is 14.2 Å². The van der Waals surface area contributed by atoms with Crippen molar-refractivity contribution in [2.45, 2.75) is 85.2 Å². The number of alkyl carbamates (subject to hydrolysis) is 3. The van der Waals surface area contributed by atoms with E-state index in [1.807, 2.05) is 0 Å². The molecule has 0 fully saturated rings. The second kappa shape index (κ2) is 10.8. The molecular formula is C19H34N4O8. The van der Waals surface area contributed by atoms with Gasteiger partial charge in [0.2, 0.25) is 5.96 Å². The highest BCUT2D eigenvalue weighted by Gasteiger charge is 2.25. The van der Waals surface area contributed by atoms with Crippen molar-refractivity contribution in [3.63, 3.8) is 0 Å². The van der Waals surface area contributed by atoms with Crippen LogP contribution in [0.3, 0.4) is 0 Å². The summed E-state index contributed by atoms with van der Waals surface area (Å²) in [4.78, 5) is 51.3. The number of hydrogen-bond donors (Lipinski definition) is 4. The molecule has 0 aromatic rings. The molecular weight excluding hydrogens is 412 g/mol. The summed E-state index contributed by atoms with van der Waals surface area (Å²) in [5.41, 5.74) is -2.50. The molecule has 0 unspecified atom stereocenters. The number of rotatable bonds is 4. The van der Waals surface area contributed by atoms with Gasteiger partial charge in [0.05, 0.1) is 6.54 Å². The summed E-state index contributed by atoms with van der Waals surface area (Å²) in [6, 6.07) is -1.49. The number of hydrogen-bond acceptors (Lipinski definition) is 8. The predicted octanol–water partition coefficient (Wildman–Crippen LogP) is 2.37. The maximum absolute atomic E-state index is 12.0. The second-order valence-electron chi connectivity index (χ2n) is 9.48. The van der Waals surface area contributed by atoms with Crippen LogP contribution in [-0.2, 0) is 19.0 Å². The minimum Gasteiger partial charge on any atom is -0.480 e. The SMILES string of the molecule is CC(C)(C)OC(=O)NC(=NC[C@H](NC(=O)OC(C)(C)C)C(=O)O)NC(=O)OC(C)(C)C. The van der Waals surface area contributed by atoms with E-state index in [2.05, 4.69) is 20.9 Å². The fourth-order valence-corrected chi connectivity index (χ4v) is 1.73. The Kier molecular flexibility index (Phi) is 9.76. The highest BCUT2D eigenvalue weighted by Crippen LogP contribution is 2.08. The smallest absolute Gasteiger partial charge is 0.414 e. The van der Waals surface area contributed by atoms with Crippen molar-refractivity contribution in [2.75, 3.05) is 6.54 Å². The van der Waals surface area contributed by atoms with Crippen molar-refractivity contribution in [2.24, 2.45) is 4.99 Å². The number of ether oxygens (including phenoxy) is 3. The Hall–Kier alpha value is -3.05. The average molecular weight is 447 g/mol. The predicted molar refractivity (Wildman–Crippen MR) is 112 cm³/mol. The molecule has 31 heavy (non-hydrogen) atoms. The van der Waals surface area contributed by atoms with Crippen molar-refractivity contribution >= 4 is 30.2 Å². The molecule has 3 amide bonds. The zero-order valence-electron chi connectivity index (χ0n) is 19.5. The highest BCUT2D eigenvalue weighted by molar-refractivity contribution is 6.01. The number of aliphatic imine (C=N–C) groups is 1. The molecule has 0 aliphatic heterocycles. The summed E-state index contributed by atoms with van der Waals surface area (Å²) in [5.74, 6) is -1.82. The topological polar surface area (TPSA) is 165 Å². The number of nitrogens with zero attached hydrogens (tertiary/aromatic N) is 1. The third kappa shape index (κ3) is 15.5. The van der Waals surface area contributed by atoms with Gasteiger partial charge in [0, 0.05) is 0 Å². The molecule has 0 spiro atoms. The molecule has 12 nitrogen and oxygen atoms in total. The van der Waals surface area contributed by atoms with Gasteiger partial charge >= 0.3 is 24.2 Å². The van der Waals surface area contributed by atoms with Gasteiger partial charge in [-0.15, -0.1) is 0 Å². The molecule has 0 aliphatic carbocycles. The van der Waals surface area contributed by atoms with Crippen LogP contribution >= 0.6 is 0 Å². The van der Waals surface area contributed by atoms with Gasteiger partial charge in [-0.25, -0.2) is 24.2 Å². The number of carbonyl (C=O) groups is 4. The third-order valence-electron chi connectivity index (χ3n) is 2.66. The number of carboxylic acids is 1. The highest BCUT2D eigenvalue weighted by atomic mass is 16.6. The van der Waals surface area contributed by atoms with Crippen LogP contribution in [0, 0.1) is 0 Å². The third-order valence-corrected chi connectivity index (χ3v) is 2.66. The standard InChI is InChI=1S/C19H34N4O8/c1-17(2,3)29-14(26)21-11(12(24)25)10-20-13(22-15(27)30-18(4,5)6)23-16(28)31-19(7,8)9/h11H,10H2,1-9H3,(H,21,26)(H,24,25)(H2,20,22,23,27,28)/t11-/m0/s1. The van der Waals surface area contributed by atoms with Gasteiger partial charge in [-0.1, -0.05) is 0 Å². The molecule has 1 atom stereocenters. The summed E-state index contributed by atoms with van der Waals surface area (Å²) < 4.78 is 15.2. The van der Waals surface area contributed by atoms with Crippen LogP contribution in [0.2, 0.25) is 0 Å². The summed E-state index contributed by atoms with van der Waals surface area (Å²) in [5, 5.41) is 15.9.